The maximum absolute atomic E-state index is 12.9. The summed E-state index contributed by atoms with van der Waals surface area (Å²) in [5, 5.41) is 6.03. The second-order valence-corrected chi connectivity index (χ2v) is 7.19. The van der Waals surface area contributed by atoms with Crippen molar-refractivity contribution in [1.82, 2.24) is 20.6 Å². The van der Waals surface area contributed by atoms with Gasteiger partial charge in [0, 0.05) is 18.2 Å². The lowest BCUT2D eigenvalue weighted by atomic mass is 9.94. The Morgan fingerprint density at radius 2 is 1.97 bits per heavy atom. The molecule has 0 unspecified atom stereocenters. The molecule has 0 amide bonds. The number of halogens is 3. The molecule has 10 heteroatoms. The van der Waals surface area contributed by atoms with Crippen molar-refractivity contribution in [3.05, 3.63) is 41.7 Å². The van der Waals surface area contributed by atoms with E-state index in [1.807, 2.05) is 27.7 Å². The van der Waals surface area contributed by atoms with E-state index in [0.717, 1.165) is 11.8 Å². The van der Waals surface area contributed by atoms with Crippen LogP contribution in [0.3, 0.4) is 0 Å². The van der Waals surface area contributed by atoms with Crippen molar-refractivity contribution in [2.45, 2.75) is 45.8 Å². The van der Waals surface area contributed by atoms with Crippen LogP contribution in [0.25, 0.3) is 0 Å². The van der Waals surface area contributed by atoms with Gasteiger partial charge >= 0.3 is 6.18 Å². The van der Waals surface area contributed by atoms with E-state index in [4.69, 9.17) is 9.15 Å². The predicted octanol–water partition coefficient (Wildman–Crippen LogP) is 3.52. The van der Waals surface area contributed by atoms with Gasteiger partial charge in [-0.15, -0.1) is 0 Å². The summed E-state index contributed by atoms with van der Waals surface area (Å²) in [7, 11) is 0. The Morgan fingerprint density at radius 3 is 2.59 bits per heavy atom. The van der Waals surface area contributed by atoms with Gasteiger partial charge in [-0.1, -0.05) is 20.8 Å². The van der Waals surface area contributed by atoms with Gasteiger partial charge in [0.2, 0.25) is 11.8 Å². The smallest absolute Gasteiger partial charge is 0.421 e. The normalized spacial score (nSPS) is 12.7. The quantitative estimate of drug-likeness (QED) is 0.411. The fourth-order valence-electron chi connectivity index (χ4n) is 2.26. The van der Waals surface area contributed by atoms with Gasteiger partial charge in [-0.25, -0.2) is 15.0 Å². The van der Waals surface area contributed by atoms with Crippen LogP contribution in [-0.4, -0.2) is 35.6 Å². The highest BCUT2D eigenvalue weighted by Crippen LogP contribution is 2.34. The molecule has 0 aliphatic rings. The molecule has 29 heavy (non-hydrogen) atoms. The minimum atomic E-state index is -4.52. The summed E-state index contributed by atoms with van der Waals surface area (Å²) >= 11 is 0. The van der Waals surface area contributed by atoms with Gasteiger partial charge in [0.1, 0.15) is 24.5 Å². The molecule has 0 bridgehead atoms. The standard InChI is InChI=1S/C19H26F3N5O2/c1-5-23-17(27-12-15-26-11-14(29-15)18(2,3)4)25-9-10-28-16-13(19(20,21)22)7-6-8-24-16/h6-8,11H,5,9-10,12H2,1-4H3,(H2,23,25,27). The zero-order valence-electron chi connectivity index (χ0n) is 16.9. The molecule has 0 radical (unpaired) electrons. The van der Waals surface area contributed by atoms with Crippen molar-refractivity contribution in [3.8, 4) is 5.88 Å². The molecule has 2 aromatic rings. The molecular weight excluding hydrogens is 387 g/mol. The van der Waals surface area contributed by atoms with Crippen molar-refractivity contribution in [3.63, 3.8) is 0 Å². The SMILES string of the molecule is CCNC(=NCc1ncc(C(C)(C)C)o1)NCCOc1ncccc1C(F)(F)F. The predicted molar refractivity (Wildman–Crippen MR) is 103 cm³/mol. The number of ether oxygens (including phenoxy) is 1. The Kier molecular flexibility index (Phi) is 7.46. The Morgan fingerprint density at radius 1 is 1.21 bits per heavy atom. The summed E-state index contributed by atoms with van der Waals surface area (Å²) in [6, 6.07) is 2.15. The number of nitrogens with zero attached hydrogens (tertiary/aromatic N) is 3. The zero-order valence-corrected chi connectivity index (χ0v) is 16.9. The summed E-state index contributed by atoms with van der Waals surface area (Å²) in [6.07, 6.45) is -1.58. The first-order valence-electron chi connectivity index (χ1n) is 9.23. The molecule has 0 saturated carbocycles. The number of aromatic nitrogens is 2. The third kappa shape index (κ3) is 6.95. The molecule has 2 heterocycles. The number of pyridine rings is 1. The summed E-state index contributed by atoms with van der Waals surface area (Å²) in [4.78, 5) is 12.2. The Labute approximate surface area is 167 Å². The maximum Gasteiger partial charge on any atom is 0.421 e. The lowest BCUT2D eigenvalue weighted by Crippen LogP contribution is -2.39. The fourth-order valence-corrected chi connectivity index (χ4v) is 2.26. The van der Waals surface area contributed by atoms with Crippen molar-refractivity contribution < 1.29 is 22.3 Å². The molecule has 2 N–H and O–H groups in total. The topological polar surface area (TPSA) is 84.6 Å². The van der Waals surface area contributed by atoms with Gasteiger partial charge in [0.25, 0.3) is 0 Å². The lowest BCUT2D eigenvalue weighted by Gasteiger charge is -2.14. The Balaban J connectivity index is 1.90. The molecule has 0 aliphatic heterocycles. The van der Waals surface area contributed by atoms with Gasteiger partial charge in [0.05, 0.1) is 12.7 Å². The first kappa shape index (κ1) is 22.5. The molecule has 2 aromatic heterocycles. The van der Waals surface area contributed by atoms with Crippen LogP contribution in [0.4, 0.5) is 13.2 Å². The summed E-state index contributed by atoms with van der Waals surface area (Å²) in [5.74, 6) is 1.28. The van der Waals surface area contributed by atoms with Crippen LogP contribution in [-0.2, 0) is 18.1 Å². The van der Waals surface area contributed by atoms with E-state index in [0.29, 0.717) is 18.4 Å². The van der Waals surface area contributed by atoms with Gasteiger partial charge < -0.3 is 19.8 Å². The summed E-state index contributed by atoms with van der Waals surface area (Å²) in [6.45, 7) is 9.04. The van der Waals surface area contributed by atoms with Crippen LogP contribution in [0.2, 0.25) is 0 Å². The van der Waals surface area contributed by atoms with Crippen LogP contribution in [0, 0.1) is 0 Å². The van der Waals surface area contributed by atoms with E-state index in [1.54, 1.807) is 6.20 Å². The average molecular weight is 413 g/mol. The van der Waals surface area contributed by atoms with Crippen molar-refractivity contribution in [2.75, 3.05) is 19.7 Å². The lowest BCUT2D eigenvalue weighted by molar-refractivity contribution is -0.139. The average Bonchev–Trinajstić information content (AvgIpc) is 3.12. The van der Waals surface area contributed by atoms with Gasteiger partial charge in [-0.3, -0.25) is 0 Å². The third-order valence-corrected chi connectivity index (χ3v) is 3.72. The highest BCUT2D eigenvalue weighted by molar-refractivity contribution is 5.79. The van der Waals surface area contributed by atoms with Crippen LogP contribution >= 0.6 is 0 Å². The fraction of sp³-hybridized carbons (Fsp3) is 0.526. The monoisotopic (exact) mass is 413 g/mol. The highest BCUT2D eigenvalue weighted by Gasteiger charge is 2.35. The second kappa shape index (κ2) is 9.62. The number of nitrogens with one attached hydrogen (secondary N) is 2. The van der Waals surface area contributed by atoms with E-state index in [2.05, 4.69) is 25.6 Å². The number of rotatable bonds is 7. The van der Waals surface area contributed by atoms with E-state index in [-0.39, 0.29) is 25.1 Å². The number of hydrogen-bond donors (Lipinski definition) is 2. The molecule has 0 aliphatic carbocycles. The van der Waals surface area contributed by atoms with E-state index < -0.39 is 17.6 Å². The number of oxazole rings is 1. The van der Waals surface area contributed by atoms with Gasteiger partial charge in [-0.05, 0) is 19.1 Å². The van der Waals surface area contributed by atoms with Crippen LogP contribution in [0.1, 0.15) is 44.9 Å². The summed E-state index contributed by atoms with van der Waals surface area (Å²) in [5.41, 5.74) is -1.05. The molecule has 0 spiro atoms. The first-order valence-corrected chi connectivity index (χ1v) is 9.23. The summed E-state index contributed by atoms with van der Waals surface area (Å²) < 4.78 is 49.7. The minimum absolute atomic E-state index is 0.0162. The van der Waals surface area contributed by atoms with E-state index >= 15 is 0 Å². The molecule has 0 fully saturated rings. The van der Waals surface area contributed by atoms with Crippen LogP contribution in [0.5, 0.6) is 5.88 Å². The van der Waals surface area contributed by atoms with E-state index in [1.165, 1.54) is 12.3 Å². The van der Waals surface area contributed by atoms with Gasteiger partial charge in [0.15, 0.2) is 5.96 Å². The van der Waals surface area contributed by atoms with Crippen molar-refractivity contribution in [2.24, 2.45) is 4.99 Å². The van der Waals surface area contributed by atoms with E-state index in [9.17, 15) is 13.2 Å². The molecule has 2 rings (SSSR count). The number of alkyl halides is 3. The Hall–Kier alpha value is -2.78. The number of guanidine groups is 1. The number of hydrogen-bond acceptors (Lipinski definition) is 5. The zero-order chi connectivity index (χ0) is 21.5. The molecule has 0 aromatic carbocycles. The third-order valence-electron chi connectivity index (χ3n) is 3.72. The minimum Gasteiger partial charge on any atom is -0.475 e. The molecule has 0 atom stereocenters. The highest BCUT2D eigenvalue weighted by atomic mass is 19.4. The molecule has 0 saturated heterocycles. The molecule has 7 nitrogen and oxygen atoms in total. The van der Waals surface area contributed by atoms with Crippen molar-refractivity contribution in [1.29, 1.82) is 0 Å². The van der Waals surface area contributed by atoms with Gasteiger partial charge in [-0.2, -0.15) is 13.2 Å². The maximum atomic E-state index is 12.9. The van der Waals surface area contributed by atoms with Crippen LogP contribution < -0.4 is 15.4 Å². The van der Waals surface area contributed by atoms with Crippen LogP contribution in [0.15, 0.2) is 33.9 Å². The number of aliphatic imine (C=N–C) groups is 1. The molecular formula is C19H26F3N5O2. The second-order valence-electron chi connectivity index (χ2n) is 7.19. The first-order chi connectivity index (χ1) is 13.6. The van der Waals surface area contributed by atoms with Crippen molar-refractivity contribution >= 4 is 5.96 Å². The Bertz CT molecular complexity index is 813. The largest absolute Gasteiger partial charge is 0.475 e. The molecule has 160 valence electrons.